The third kappa shape index (κ3) is 3.36. The fourth-order valence-corrected chi connectivity index (χ4v) is 1.90. The Hall–Kier alpha value is -0.800. The van der Waals surface area contributed by atoms with Crippen molar-refractivity contribution in [2.45, 2.75) is 20.4 Å². The molecule has 0 heterocycles. The highest BCUT2D eigenvalue weighted by molar-refractivity contribution is 6.31. The quantitative estimate of drug-likeness (QED) is 0.775. The highest BCUT2D eigenvalue weighted by Crippen LogP contribution is 2.24. The van der Waals surface area contributed by atoms with Crippen LogP contribution < -0.4 is 0 Å². The summed E-state index contributed by atoms with van der Waals surface area (Å²) in [6.45, 7) is 3.63. The van der Waals surface area contributed by atoms with Crippen molar-refractivity contribution in [2.75, 3.05) is 12.9 Å². The van der Waals surface area contributed by atoms with Gasteiger partial charge in [0.1, 0.15) is 5.82 Å². The van der Waals surface area contributed by atoms with E-state index in [1.807, 2.05) is 0 Å². The Bertz CT molecular complexity index is 428. The average molecular weight is 292 g/mol. The minimum atomic E-state index is -0.673. The van der Waals surface area contributed by atoms with Gasteiger partial charge in [-0.15, -0.1) is 11.6 Å². The number of hydrogen-bond donors (Lipinski definition) is 0. The summed E-state index contributed by atoms with van der Waals surface area (Å²) < 4.78 is 13.6. The summed E-state index contributed by atoms with van der Waals surface area (Å²) in [5, 5.41) is 0.318. The van der Waals surface area contributed by atoms with Gasteiger partial charge in [-0.3, -0.25) is 4.79 Å². The highest BCUT2D eigenvalue weighted by Gasteiger charge is 2.30. The van der Waals surface area contributed by atoms with Crippen LogP contribution in [0.25, 0.3) is 0 Å². The lowest BCUT2D eigenvalue weighted by Crippen LogP contribution is -2.39. The Balaban J connectivity index is 2.89. The van der Waals surface area contributed by atoms with E-state index < -0.39 is 11.2 Å². The Morgan fingerprint density at radius 1 is 1.44 bits per heavy atom. The molecule has 18 heavy (non-hydrogen) atoms. The lowest BCUT2D eigenvalue weighted by Gasteiger charge is -2.28. The van der Waals surface area contributed by atoms with Crippen molar-refractivity contribution >= 4 is 29.1 Å². The molecule has 1 amide bonds. The third-order valence-electron chi connectivity index (χ3n) is 2.72. The Morgan fingerprint density at radius 2 is 2.06 bits per heavy atom. The maximum Gasteiger partial charge on any atom is 0.229 e. The van der Waals surface area contributed by atoms with Crippen LogP contribution in [-0.4, -0.2) is 23.7 Å². The van der Waals surface area contributed by atoms with Gasteiger partial charge in [0.15, 0.2) is 0 Å². The number of nitrogens with zero attached hydrogens (tertiary/aromatic N) is 1. The molecule has 100 valence electrons. The van der Waals surface area contributed by atoms with Crippen molar-refractivity contribution in [3.8, 4) is 0 Å². The van der Waals surface area contributed by atoms with Crippen LogP contribution in [-0.2, 0) is 11.3 Å². The van der Waals surface area contributed by atoms with Gasteiger partial charge in [0.05, 0.1) is 5.41 Å². The normalized spacial score (nSPS) is 11.4. The van der Waals surface area contributed by atoms with E-state index in [-0.39, 0.29) is 18.3 Å². The molecule has 0 aliphatic heterocycles. The molecule has 5 heteroatoms. The minimum absolute atomic E-state index is 0.130. The Kier molecular flexibility index (Phi) is 5.00. The fourth-order valence-electron chi connectivity index (χ4n) is 1.57. The molecular formula is C13H16Cl2FNO. The molecule has 0 radical (unpaired) electrons. The maximum atomic E-state index is 13.6. The third-order valence-corrected chi connectivity index (χ3v) is 3.74. The SMILES string of the molecule is CN(Cc1c(F)cccc1Cl)C(=O)C(C)(C)CCl. The van der Waals surface area contributed by atoms with Crippen LogP contribution >= 0.6 is 23.2 Å². The maximum absolute atomic E-state index is 13.6. The van der Waals surface area contributed by atoms with Crippen LogP contribution in [0.15, 0.2) is 18.2 Å². The molecular weight excluding hydrogens is 276 g/mol. The van der Waals surface area contributed by atoms with Gasteiger partial charge in [0.25, 0.3) is 0 Å². The van der Waals surface area contributed by atoms with E-state index in [2.05, 4.69) is 0 Å². The first-order valence-electron chi connectivity index (χ1n) is 5.54. The van der Waals surface area contributed by atoms with Gasteiger partial charge in [0, 0.05) is 30.1 Å². The molecule has 0 N–H and O–H groups in total. The van der Waals surface area contributed by atoms with Crippen molar-refractivity contribution in [2.24, 2.45) is 5.41 Å². The second kappa shape index (κ2) is 5.89. The van der Waals surface area contributed by atoms with E-state index >= 15 is 0 Å². The molecule has 0 saturated heterocycles. The molecule has 0 fully saturated rings. The average Bonchev–Trinajstić information content (AvgIpc) is 2.32. The Morgan fingerprint density at radius 3 is 2.56 bits per heavy atom. The molecule has 1 rings (SSSR count). The van der Waals surface area contributed by atoms with Crippen LogP contribution in [0.1, 0.15) is 19.4 Å². The van der Waals surface area contributed by atoms with E-state index in [0.717, 1.165) is 0 Å². The first kappa shape index (κ1) is 15.3. The first-order valence-corrected chi connectivity index (χ1v) is 6.45. The molecule has 0 unspecified atom stereocenters. The van der Waals surface area contributed by atoms with E-state index in [9.17, 15) is 9.18 Å². The summed E-state index contributed by atoms with van der Waals surface area (Å²) in [6.07, 6.45) is 0. The van der Waals surface area contributed by atoms with Crippen molar-refractivity contribution < 1.29 is 9.18 Å². The summed E-state index contributed by atoms with van der Waals surface area (Å²) in [5.74, 6) is -0.344. The molecule has 0 aliphatic carbocycles. The van der Waals surface area contributed by atoms with Gasteiger partial charge in [-0.25, -0.2) is 4.39 Å². The number of halogens is 3. The van der Waals surface area contributed by atoms with E-state index in [0.29, 0.717) is 10.6 Å². The zero-order valence-electron chi connectivity index (χ0n) is 10.6. The summed E-state index contributed by atoms with van der Waals surface area (Å²) in [5.41, 5.74) is -0.353. The minimum Gasteiger partial charge on any atom is -0.341 e. The van der Waals surface area contributed by atoms with Gasteiger partial charge < -0.3 is 4.90 Å². The molecule has 0 aromatic heterocycles. The van der Waals surface area contributed by atoms with Crippen LogP contribution in [0.5, 0.6) is 0 Å². The molecule has 0 saturated carbocycles. The van der Waals surface area contributed by atoms with E-state index in [1.165, 1.54) is 17.0 Å². The first-order chi connectivity index (χ1) is 8.29. The zero-order valence-corrected chi connectivity index (χ0v) is 12.1. The highest BCUT2D eigenvalue weighted by atomic mass is 35.5. The standard InChI is InChI=1S/C13H16Cl2FNO/c1-13(2,8-14)12(18)17(3)7-9-10(15)5-4-6-11(9)16/h4-6H,7-8H2,1-3H3. The molecule has 1 aromatic rings. The van der Waals surface area contributed by atoms with E-state index in [1.54, 1.807) is 27.0 Å². The summed E-state index contributed by atoms with van der Waals surface area (Å²) in [7, 11) is 1.61. The van der Waals surface area contributed by atoms with Crippen LogP contribution in [0.2, 0.25) is 5.02 Å². The van der Waals surface area contributed by atoms with Crippen molar-refractivity contribution in [1.82, 2.24) is 4.90 Å². The number of benzene rings is 1. The molecule has 0 bridgehead atoms. The number of rotatable bonds is 4. The molecule has 0 atom stereocenters. The predicted molar refractivity (Wildman–Crippen MR) is 72.4 cm³/mol. The Labute approximate surface area is 117 Å². The summed E-state index contributed by atoms with van der Waals surface area (Å²) >= 11 is 11.7. The molecule has 2 nitrogen and oxygen atoms in total. The summed E-state index contributed by atoms with van der Waals surface area (Å²) in [6, 6.07) is 4.46. The van der Waals surface area contributed by atoms with Gasteiger partial charge in [0.2, 0.25) is 5.91 Å². The van der Waals surface area contributed by atoms with Crippen LogP contribution in [0, 0.1) is 11.2 Å². The number of alkyl halides is 1. The van der Waals surface area contributed by atoms with Crippen LogP contribution in [0.4, 0.5) is 4.39 Å². The smallest absolute Gasteiger partial charge is 0.229 e. The molecule has 1 aromatic carbocycles. The van der Waals surface area contributed by atoms with Gasteiger partial charge in [-0.1, -0.05) is 17.7 Å². The monoisotopic (exact) mass is 291 g/mol. The van der Waals surface area contributed by atoms with Crippen molar-refractivity contribution in [1.29, 1.82) is 0 Å². The van der Waals surface area contributed by atoms with Crippen molar-refractivity contribution in [3.05, 3.63) is 34.6 Å². The van der Waals surface area contributed by atoms with Gasteiger partial charge >= 0.3 is 0 Å². The number of amides is 1. The second-order valence-corrected chi connectivity index (χ2v) is 5.55. The van der Waals surface area contributed by atoms with Crippen molar-refractivity contribution in [3.63, 3.8) is 0 Å². The fraction of sp³-hybridized carbons (Fsp3) is 0.462. The zero-order chi connectivity index (χ0) is 13.9. The molecule has 0 spiro atoms. The summed E-state index contributed by atoms with van der Waals surface area (Å²) in [4.78, 5) is 13.5. The molecule has 0 aliphatic rings. The lowest BCUT2D eigenvalue weighted by atomic mass is 9.94. The largest absolute Gasteiger partial charge is 0.341 e. The van der Waals surface area contributed by atoms with Gasteiger partial charge in [-0.05, 0) is 26.0 Å². The number of carbonyl (C=O) groups is 1. The predicted octanol–water partition coefficient (Wildman–Crippen LogP) is 3.70. The number of carbonyl (C=O) groups excluding carboxylic acids is 1. The van der Waals surface area contributed by atoms with E-state index in [4.69, 9.17) is 23.2 Å². The number of hydrogen-bond acceptors (Lipinski definition) is 1. The second-order valence-electron chi connectivity index (χ2n) is 4.88. The van der Waals surface area contributed by atoms with Crippen LogP contribution in [0.3, 0.4) is 0 Å². The topological polar surface area (TPSA) is 20.3 Å². The lowest BCUT2D eigenvalue weighted by molar-refractivity contribution is -0.138. The van der Waals surface area contributed by atoms with Gasteiger partial charge in [-0.2, -0.15) is 0 Å².